The molecule has 20 heavy (non-hydrogen) atoms. The number of benzene rings is 2. The van der Waals surface area contributed by atoms with Crippen LogP contribution < -0.4 is 4.90 Å². The molecule has 3 rings (SSSR count). The van der Waals surface area contributed by atoms with Gasteiger partial charge in [0.1, 0.15) is 6.29 Å². The molecule has 1 aliphatic rings. The second-order valence-electron chi connectivity index (χ2n) is 5.34. The van der Waals surface area contributed by atoms with Gasteiger partial charge in [0.25, 0.3) is 0 Å². The number of rotatable bonds is 4. The van der Waals surface area contributed by atoms with Crippen LogP contribution in [0.2, 0.25) is 0 Å². The summed E-state index contributed by atoms with van der Waals surface area (Å²) in [5.74, 6) is 0. The quantitative estimate of drug-likeness (QED) is 0.790. The third-order valence-electron chi connectivity index (χ3n) is 3.89. The Balaban J connectivity index is 1.84. The molecule has 0 aliphatic carbocycles. The van der Waals surface area contributed by atoms with Crippen molar-refractivity contribution in [3.8, 4) is 0 Å². The Labute approximate surface area is 120 Å². The van der Waals surface area contributed by atoms with Gasteiger partial charge < -0.3 is 9.69 Å². The van der Waals surface area contributed by atoms with Gasteiger partial charge in [-0.3, -0.25) is 0 Å². The van der Waals surface area contributed by atoms with Gasteiger partial charge in [-0.25, -0.2) is 0 Å². The highest BCUT2D eigenvalue weighted by molar-refractivity contribution is 5.61. The van der Waals surface area contributed by atoms with Crippen molar-refractivity contribution >= 4 is 12.0 Å². The summed E-state index contributed by atoms with van der Waals surface area (Å²) in [6.45, 7) is 2.07. The van der Waals surface area contributed by atoms with Crippen LogP contribution in [0.4, 0.5) is 5.69 Å². The monoisotopic (exact) mass is 265 g/mol. The number of nitrogens with zero attached hydrogens (tertiary/aromatic N) is 1. The van der Waals surface area contributed by atoms with Crippen molar-refractivity contribution < 1.29 is 4.79 Å². The highest BCUT2D eigenvalue weighted by atomic mass is 16.1. The number of hydrogen-bond acceptors (Lipinski definition) is 2. The van der Waals surface area contributed by atoms with E-state index < -0.39 is 0 Å². The van der Waals surface area contributed by atoms with Gasteiger partial charge >= 0.3 is 0 Å². The predicted molar refractivity (Wildman–Crippen MR) is 82.0 cm³/mol. The van der Waals surface area contributed by atoms with E-state index in [9.17, 15) is 4.79 Å². The fraction of sp³-hybridized carbons (Fsp3) is 0.278. The van der Waals surface area contributed by atoms with Crippen LogP contribution in [-0.2, 0) is 24.2 Å². The molecule has 0 atom stereocenters. The van der Waals surface area contributed by atoms with E-state index in [1.54, 1.807) is 0 Å². The lowest BCUT2D eigenvalue weighted by atomic mass is 9.98. The van der Waals surface area contributed by atoms with Crippen LogP contribution in [0.25, 0.3) is 0 Å². The molecule has 2 aromatic rings. The van der Waals surface area contributed by atoms with Gasteiger partial charge in [-0.15, -0.1) is 0 Å². The second kappa shape index (κ2) is 5.91. The highest BCUT2D eigenvalue weighted by Gasteiger charge is 2.17. The molecule has 0 spiro atoms. The number of aldehydes is 1. The van der Waals surface area contributed by atoms with E-state index in [0.29, 0.717) is 6.42 Å². The summed E-state index contributed by atoms with van der Waals surface area (Å²) >= 11 is 0. The normalized spacial score (nSPS) is 13.9. The summed E-state index contributed by atoms with van der Waals surface area (Å²) in [5.41, 5.74) is 5.18. The molecule has 102 valence electrons. The third kappa shape index (κ3) is 2.74. The van der Waals surface area contributed by atoms with E-state index in [0.717, 1.165) is 31.4 Å². The van der Waals surface area contributed by atoms with Crippen LogP contribution in [0.3, 0.4) is 0 Å². The number of anilines is 1. The fourth-order valence-corrected chi connectivity index (χ4v) is 2.92. The third-order valence-corrected chi connectivity index (χ3v) is 3.89. The SMILES string of the molecule is O=CCc1ccc2c(c1)CCCN2Cc1ccccc1. The minimum Gasteiger partial charge on any atom is -0.367 e. The van der Waals surface area contributed by atoms with E-state index in [2.05, 4.69) is 53.4 Å². The molecule has 0 unspecified atom stereocenters. The number of carbonyl (C=O) groups is 1. The maximum Gasteiger partial charge on any atom is 0.124 e. The molecule has 0 saturated heterocycles. The molecule has 0 amide bonds. The molecule has 0 aromatic heterocycles. The van der Waals surface area contributed by atoms with E-state index in [-0.39, 0.29) is 0 Å². The molecule has 2 aromatic carbocycles. The molecular weight excluding hydrogens is 246 g/mol. The first kappa shape index (κ1) is 12.9. The zero-order valence-electron chi connectivity index (χ0n) is 11.6. The summed E-state index contributed by atoms with van der Waals surface area (Å²) in [5, 5.41) is 0. The Bertz CT molecular complexity index is 592. The topological polar surface area (TPSA) is 20.3 Å². The maximum absolute atomic E-state index is 10.6. The van der Waals surface area contributed by atoms with Crippen LogP contribution in [0.5, 0.6) is 0 Å². The van der Waals surface area contributed by atoms with Crippen molar-refractivity contribution in [2.24, 2.45) is 0 Å². The average Bonchev–Trinajstić information content (AvgIpc) is 2.49. The maximum atomic E-state index is 10.6. The Hall–Kier alpha value is -2.09. The Morgan fingerprint density at radius 2 is 1.90 bits per heavy atom. The fourth-order valence-electron chi connectivity index (χ4n) is 2.92. The van der Waals surface area contributed by atoms with Crippen molar-refractivity contribution in [2.75, 3.05) is 11.4 Å². The van der Waals surface area contributed by atoms with Crippen molar-refractivity contribution in [2.45, 2.75) is 25.8 Å². The minimum atomic E-state index is 0.520. The lowest BCUT2D eigenvalue weighted by molar-refractivity contribution is -0.107. The first-order chi connectivity index (χ1) is 9.86. The molecule has 2 heteroatoms. The summed E-state index contributed by atoms with van der Waals surface area (Å²) < 4.78 is 0. The van der Waals surface area contributed by atoms with Crippen molar-refractivity contribution in [1.29, 1.82) is 0 Å². The largest absolute Gasteiger partial charge is 0.367 e. The lowest BCUT2D eigenvalue weighted by Gasteiger charge is -2.31. The first-order valence-electron chi connectivity index (χ1n) is 7.21. The van der Waals surface area contributed by atoms with Gasteiger partial charge in [-0.05, 0) is 35.6 Å². The Kier molecular flexibility index (Phi) is 3.82. The molecular formula is C18H19NO. The first-order valence-corrected chi connectivity index (χ1v) is 7.21. The second-order valence-corrected chi connectivity index (χ2v) is 5.34. The van der Waals surface area contributed by atoms with Crippen molar-refractivity contribution in [3.05, 3.63) is 65.2 Å². The summed E-state index contributed by atoms with van der Waals surface area (Å²) in [6, 6.07) is 17.0. The zero-order chi connectivity index (χ0) is 13.8. The van der Waals surface area contributed by atoms with Crippen LogP contribution in [0.15, 0.2) is 48.5 Å². The van der Waals surface area contributed by atoms with Gasteiger partial charge in [-0.2, -0.15) is 0 Å². The molecule has 0 N–H and O–H groups in total. The number of carbonyl (C=O) groups excluding carboxylic acids is 1. The van der Waals surface area contributed by atoms with Crippen LogP contribution >= 0.6 is 0 Å². The number of hydrogen-bond donors (Lipinski definition) is 0. The molecule has 0 radical (unpaired) electrons. The van der Waals surface area contributed by atoms with Crippen LogP contribution in [-0.4, -0.2) is 12.8 Å². The van der Waals surface area contributed by atoms with E-state index in [4.69, 9.17) is 0 Å². The molecule has 1 heterocycles. The molecule has 0 saturated carbocycles. The molecule has 1 aliphatic heterocycles. The number of fused-ring (bicyclic) bond motifs is 1. The van der Waals surface area contributed by atoms with Gasteiger partial charge in [0.2, 0.25) is 0 Å². The van der Waals surface area contributed by atoms with Crippen LogP contribution in [0, 0.1) is 0 Å². The Morgan fingerprint density at radius 3 is 2.70 bits per heavy atom. The molecule has 2 nitrogen and oxygen atoms in total. The zero-order valence-corrected chi connectivity index (χ0v) is 11.6. The van der Waals surface area contributed by atoms with Gasteiger partial charge in [0.05, 0.1) is 0 Å². The van der Waals surface area contributed by atoms with Crippen molar-refractivity contribution in [3.63, 3.8) is 0 Å². The van der Waals surface area contributed by atoms with Gasteiger partial charge in [-0.1, -0.05) is 42.5 Å². The van der Waals surface area contributed by atoms with E-state index in [1.165, 1.54) is 23.2 Å². The molecule has 0 fully saturated rings. The van der Waals surface area contributed by atoms with E-state index in [1.807, 2.05) is 0 Å². The van der Waals surface area contributed by atoms with E-state index >= 15 is 0 Å². The summed E-state index contributed by atoms with van der Waals surface area (Å²) in [4.78, 5) is 13.1. The summed E-state index contributed by atoms with van der Waals surface area (Å²) in [7, 11) is 0. The van der Waals surface area contributed by atoms with Gasteiger partial charge in [0, 0.05) is 25.2 Å². The Morgan fingerprint density at radius 1 is 1.05 bits per heavy atom. The molecule has 0 bridgehead atoms. The average molecular weight is 265 g/mol. The van der Waals surface area contributed by atoms with Gasteiger partial charge in [0.15, 0.2) is 0 Å². The smallest absolute Gasteiger partial charge is 0.124 e. The minimum absolute atomic E-state index is 0.520. The predicted octanol–water partition coefficient (Wildman–Crippen LogP) is 3.38. The highest BCUT2D eigenvalue weighted by Crippen LogP contribution is 2.29. The number of aryl methyl sites for hydroxylation is 1. The standard InChI is InChI=1S/C18H19NO/c20-12-10-15-8-9-18-17(13-15)7-4-11-19(18)14-16-5-2-1-3-6-16/h1-3,5-6,8-9,12-13H,4,7,10-11,14H2. The van der Waals surface area contributed by atoms with Crippen molar-refractivity contribution in [1.82, 2.24) is 0 Å². The lowest BCUT2D eigenvalue weighted by Crippen LogP contribution is -2.28. The summed E-state index contributed by atoms with van der Waals surface area (Å²) in [6.07, 6.45) is 3.80. The van der Waals surface area contributed by atoms with Crippen LogP contribution in [0.1, 0.15) is 23.1 Å².